The zero-order valence-corrected chi connectivity index (χ0v) is 72.2. The van der Waals surface area contributed by atoms with E-state index in [1.54, 1.807) is 12.2 Å². The summed E-state index contributed by atoms with van der Waals surface area (Å²) in [4.78, 5) is 131. The second kappa shape index (κ2) is 56.7. The molecular weight excluding hydrogens is 1410 g/mol. The van der Waals surface area contributed by atoms with Crippen LogP contribution in [-0.4, -0.2) is 106 Å². The highest BCUT2D eigenvalue weighted by Crippen LogP contribution is 2.48. The highest BCUT2D eigenvalue weighted by molar-refractivity contribution is 6.13. The Bertz CT molecular complexity index is 3020. The van der Waals surface area contributed by atoms with Gasteiger partial charge in [0, 0.05) is 105 Å². The SMILES string of the molecule is CCCCCCCCC1C(CCCCCC)CCC(CCCCCCCC(C)(CCC)C(CCC)NC(=O)CC/C=C(\CC)C(=O)NC2=C(OC(=O)CCCCCN3C(=O)C=CC3=O)C=CCC(OC(=O)CCCCCN3C(=O)C=CC3=O)[C@@H]2C)C1CCCCCCCCNC(=O)/C(=C/CCC(=O)NC(C)(C)CCC)CC. The first-order valence-corrected chi connectivity index (χ1v) is 45.4. The van der Waals surface area contributed by atoms with E-state index in [1.165, 1.54) is 188 Å². The lowest BCUT2D eigenvalue weighted by Crippen LogP contribution is -2.46. The Hall–Kier alpha value is -6.46. The summed E-state index contributed by atoms with van der Waals surface area (Å²) in [6.07, 6.45) is 59.7. The van der Waals surface area contributed by atoms with Crippen LogP contribution in [-0.2, 0) is 57.4 Å². The van der Waals surface area contributed by atoms with Crippen LogP contribution in [0.5, 0.6) is 0 Å². The summed E-state index contributed by atoms with van der Waals surface area (Å²) >= 11 is 0. The molecule has 4 N–H and O–H groups in total. The highest BCUT2D eigenvalue weighted by atomic mass is 16.5. The van der Waals surface area contributed by atoms with Crippen LogP contribution in [0.2, 0.25) is 0 Å². The molecule has 7 unspecified atom stereocenters. The number of imide groups is 2. The number of allylic oxidation sites excluding steroid dienone is 3. The number of unbranched alkanes of at least 4 members (excludes halogenated alkanes) is 21. The molecule has 18 nitrogen and oxygen atoms in total. The lowest BCUT2D eigenvalue weighted by atomic mass is 9.61. The van der Waals surface area contributed by atoms with Crippen molar-refractivity contribution in [2.75, 3.05) is 19.6 Å². The summed E-state index contributed by atoms with van der Waals surface area (Å²) in [6.45, 7) is 24.7. The molecule has 4 aliphatic rings. The van der Waals surface area contributed by atoms with E-state index in [2.05, 4.69) is 76.7 Å². The van der Waals surface area contributed by atoms with Gasteiger partial charge in [0.2, 0.25) is 17.7 Å². The number of hydrogen-bond acceptors (Lipinski definition) is 12. The summed E-state index contributed by atoms with van der Waals surface area (Å²) in [5, 5.41) is 12.9. The van der Waals surface area contributed by atoms with Gasteiger partial charge in [-0.3, -0.25) is 57.7 Å². The second-order valence-corrected chi connectivity index (χ2v) is 34.1. The van der Waals surface area contributed by atoms with Crippen LogP contribution in [0.4, 0.5) is 0 Å². The lowest BCUT2D eigenvalue weighted by molar-refractivity contribution is -0.151. The van der Waals surface area contributed by atoms with Crippen LogP contribution in [0.15, 0.2) is 71.2 Å². The quantitative estimate of drug-likeness (QED) is 0.0192. The highest BCUT2D eigenvalue weighted by Gasteiger charge is 2.39. The predicted molar refractivity (Wildman–Crippen MR) is 453 cm³/mol. The van der Waals surface area contributed by atoms with Gasteiger partial charge in [-0.1, -0.05) is 254 Å². The van der Waals surface area contributed by atoms with Crippen molar-refractivity contribution in [1.82, 2.24) is 31.1 Å². The normalized spacial score (nSPS) is 19.7. The van der Waals surface area contributed by atoms with Crippen molar-refractivity contribution in [3.05, 3.63) is 71.2 Å². The molecule has 18 heteroatoms. The molecule has 0 aromatic rings. The minimum atomic E-state index is -0.715. The fraction of sp³-hybridized carbons (Fsp3) is 0.766. The summed E-state index contributed by atoms with van der Waals surface area (Å²) in [5.41, 5.74) is 1.25. The van der Waals surface area contributed by atoms with Crippen molar-refractivity contribution in [3.63, 3.8) is 0 Å². The Balaban J connectivity index is 1.33. The van der Waals surface area contributed by atoms with Gasteiger partial charge >= 0.3 is 11.9 Å². The summed E-state index contributed by atoms with van der Waals surface area (Å²) < 4.78 is 12.0. The van der Waals surface area contributed by atoms with Gasteiger partial charge in [0.1, 0.15) is 11.9 Å². The number of carbonyl (C=O) groups is 10. The maximum Gasteiger partial charge on any atom is 0.311 e. The zero-order chi connectivity index (χ0) is 81.9. The van der Waals surface area contributed by atoms with Crippen LogP contribution in [0.3, 0.4) is 0 Å². The molecule has 112 heavy (non-hydrogen) atoms. The van der Waals surface area contributed by atoms with Gasteiger partial charge in [-0.05, 0) is 158 Å². The number of amides is 8. The minimum absolute atomic E-state index is 0.00629. The molecule has 2 aliphatic carbocycles. The van der Waals surface area contributed by atoms with Crippen molar-refractivity contribution >= 4 is 59.2 Å². The first-order chi connectivity index (χ1) is 54.0. The van der Waals surface area contributed by atoms with E-state index < -0.39 is 29.9 Å². The second-order valence-electron chi connectivity index (χ2n) is 34.1. The van der Waals surface area contributed by atoms with Crippen LogP contribution >= 0.6 is 0 Å². The Kier molecular flexibility index (Phi) is 49.6. The maximum absolute atomic E-state index is 14.4. The molecule has 634 valence electrons. The third-order valence-corrected chi connectivity index (χ3v) is 24.4. The molecule has 2 heterocycles. The minimum Gasteiger partial charge on any atom is -0.461 e. The Morgan fingerprint density at radius 1 is 0.491 bits per heavy atom. The van der Waals surface area contributed by atoms with Gasteiger partial charge in [-0.2, -0.15) is 0 Å². The summed E-state index contributed by atoms with van der Waals surface area (Å²) in [5.74, 6) is 0.135. The van der Waals surface area contributed by atoms with Crippen molar-refractivity contribution < 1.29 is 57.4 Å². The summed E-state index contributed by atoms with van der Waals surface area (Å²) in [6, 6.07) is 0.0230. The standard InChI is InChI=1S/C94H156N6O12/c1-12-19-21-23-28-36-52-77-75(48-34-22-20-13-2)60-61-76(78(77)53-37-29-24-25-31-41-69-95-91(109)73(17-6)50-45-57-83(102)98-93(9,10)66-15-4)49-35-27-26-30-40-68-94(11,67-16-5)81(47-14-3)96-82(101)56-44-51-74(18-7)92(110)97-90-72(8)79(111-88(107)58-38-32-42-70-99-84(103)62-63-85(99)104)54-46-55-80(90)112-89(108)59-39-33-43-71-100-86(105)64-65-87(100)106/h46,50-51,55,62-65,72,75-79,81H,12-45,47-49,52-54,56-61,66-71H2,1-11H3,(H,95,109)(H,96,101)(H,97,110)(H,98,102)/b73-50+,74-51+/t72-,75?,76?,77?,78?,79?,81?,94?/m0/s1. The Morgan fingerprint density at radius 3 is 1.47 bits per heavy atom. The molecule has 0 radical (unpaired) electrons. The molecule has 0 saturated heterocycles. The number of hydrogen-bond donors (Lipinski definition) is 4. The van der Waals surface area contributed by atoms with E-state index in [1.807, 2.05) is 32.9 Å². The molecule has 0 aromatic heterocycles. The Labute approximate surface area is 678 Å². The molecular formula is C94H156N6O12. The van der Waals surface area contributed by atoms with Gasteiger partial charge in [-0.15, -0.1) is 0 Å². The summed E-state index contributed by atoms with van der Waals surface area (Å²) in [7, 11) is 0. The van der Waals surface area contributed by atoms with E-state index in [0.717, 1.165) is 93.5 Å². The van der Waals surface area contributed by atoms with Crippen LogP contribution in [0.1, 0.15) is 391 Å². The topological polar surface area (TPSA) is 244 Å². The number of carbonyl (C=O) groups excluding carboxylic acids is 10. The number of ether oxygens (including phenoxy) is 2. The monoisotopic (exact) mass is 1560 g/mol. The molecule has 1 fully saturated rings. The van der Waals surface area contributed by atoms with Crippen molar-refractivity contribution in [1.29, 1.82) is 0 Å². The van der Waals surface area contributed by atoms with Gasteiger partial charge in [0.05, 0.1) is 5.70 Å². The van der Waals surface area contributed by atoms with Crippen molar-refractivity contribution in [3.8, 4) is 0 Å². The third kappa shape index (κ3) is 37.9. The fourth-order valence-electron chi connectivity index (χ4n) is 17.8. The average Bonchev–Trinajstić information content (AvgIpc) is 1.45. The first-order valence-electron chi connectivity index (χ1n) is 45.4. The van der Waals surface area contributed by atoms with Gasteiger partial charge in [0.25, 0.3) is 29.5 Å². The average molecular weight is 1560 g/mol. The largest absolute Gasteiger partial charge is 0.461 e. The number of nitrogens with one attached hydrogen (secondary N) is 4. The molecule has 0 spiro atoms. The number of nitrogens with zero attached hydrogens (tertiary/aromatic N) is 2. The van der Waals surface area contributed by atoms with Crippen molar-refractivity contribution in [2.45, 2.75) is 408 Å². The van der Waals surface area contributed by atoms with E-state index in [-0.39, 0.29) is 109 Å². The zero-order valence-electron chi connectivity index (χ0n) is 72.2. The molecule has 0 bridgehead atoms. The van der Waals surface area contributed by atoms with E-state index in [9.17, 15) is 47.9 Å². The van der Waals surface area contributed by atoms with Crippen LogP contribution in [0, 0.1) is 35.0 Å². The number of esters is 2. The molecule has 8 amide bonds. The predicted octanol–water partition coefficient (Wildman–Crippen LogP) is 20.9. The molecule has 1 saturated carbocycles. The molecule has 4 rings (SSSR count). The first kappa shape index (κ1) is 97.9. The van der Waals surface area contributed by atoms with Gasteiger partial charge in [0.15, 0.2) is 0 Å². The van der Waals surface area contributed by atoms with E-state index in [4.69, 9.17) is 9.47 Å². The van der Waals surface area contributed by atoms with E-state index >= 15 is 0 Å². The van der Waals surface area contributed by atoms with Crippen LogP contribution < -0.4 is 21.3 Å². The Morgan fingerprint density at radius 2 is 0.955 bits per heavy atom. The fourth-order valence-corrected chi connectivity index (χ4v) is 17.8. The maximum atomic E-state index is 14.4. The van der Waals surface area contributed by atoms with Crippen LogP contribution in [0.25, 0.3) is 0 Å². The smallest absolute Gasteiger partial charge is 0.311 e. The van der Waals surface area contributed by atoms with E-state index in [0.29, 0.717) is 82.7 Å². The molecule has 2 aliphatic heterocycles. The lowest BCUT2D eigenvalue weighted by Gasteiger charge is -2.44. The van der Waals surface area contributed by atoms with Gasteiger partial charge < -0.3 is 30.7 Å². The molecule has 0 aromatic carbocycles. The number of rotatable bonds is 63. The third-order valence-electron chi connectivity index (χ3n) is 24.4. The van der Waals surface area contributed by atoms with Crippen molar-refractivity contribution in [2.24, 2.45) is 35.0 Å². The van der Waals surface area contributed by atoms with Gasteiger partial charge in [-0.25, -0.2) is 0 Å². The molecule has 8 atom stereocenters.